The lowest BCUT2D eigenvalue weighted by Gasteiger charge is -2.16. The highest BCUT2D eigenvalue weighted by Gasteiger charge is 2.48. The third kappa shape index (κ3) is 4.99. The number of ether oxygens (including phenoxy) is 1. The summed E-state index contributed by atoms with van der Waals surface area (Å²) >= 11 is 0. The Morgan fingerprint density at radius 1 is 1.04 bits per heavy atom. The number of methoxy groups -OCH3 is 1. The van der Waals surface area contributed by atoms with Crippen LogP contribution in [0, 0.1) is 11.8 Å². The average molecular weight is 358 g/mol. The van der Waals surface area contributed by atoms with Crippen molar-refractivity contribution in [3.05, 3.63) is 29.8 Å². The van der Waals surface area contributed by atoms with Crippen LogP contribution in [0.3, 0.4) is 0 Å². The van der Waals surface area contributed by atoms with Gasteiger partial charge in [0.05, 0.1) is 18.9 Å². The molecule has 2 aliphatic rings. The number of hydrogen-bond acceptors (Lipinski definition) is 3. The van der Waals surface area contributed by atoms with Gasteiger partial charge >= 0.3 is 0 Å². The minimum absolute atomic E-state index is 0.000847. The molecule has 0 saturated heterocycles. The van der Waals surface area contributed by atoms with Crippen molar-refractivity contribution in [2.45, 2.75) is 57.4 Å². The van der Waals surface area contributed by atoms with E-state index in [1.807, 2.05) is 24.3 Å². The van der Waals surface area contributed by atoms with Crippen LogP contribution in [0.5, 0.6) is 5.75 Å². The van der Waals surface area contributed by atoms with E-state index in [4.69, 9.17) is 4.74 Å². The standard InChI is InChI=1S/C21H30N2O3/c1-26-19-11-7-6-8-15(19)12-13-22-20(24)17-14-18(17)21(25)23-16-9-4-2-3-5-10-16/h6-8,11,16-18H,2-5,9-10,12-14H2,1H3,(H,22,24)(H,23,25). The maximum Gasteiger partial charge on any atom is 0.224 e. The molecule has 0 spiro atoms. The van der Waals surface area contributed by atoms with Crippen LogP contribution in [0.1, 0.15) is 50.5 Å². The fraction of sp³-hybridized carbons (Fsp3) is 0.619. The van der Waals surface area contributed by atoms with Crippen LogP contribution >= 0.6 is 0 Å². The molecule has 0 radical (unpaired) electrons. The molecule has 26 heavy (non-hydrogen) atoms. The summed E-state index contributed by atoms with van der Waals surface area (Å²) in [6.07, 6.45) is 8.49. The largest absolute Gasteiger partial charge is 0.496 e. The number of amides is 2. The first-order valence-electron chi connectivity index (χ1n) is 9.89. The molecule has 0 bridgehead atoms. The van der Waals surface area contributed by atoms with E-state index < -0.39 is 0 Å². The number of carbonyl (C=O) groups is 2. The summed E-state index contributed by atoms with van der Waals surface area (Å²) in [5.74, 6) is 0.625. The van der Waals surface area contributed by atoms with Crippen LogP contribution < -0.4 is 15.4 Å². The molecule has 2 aliphatic carbocycles. The van der Waals surface area contributed by atoms with Gasteiger partial charge in [-0.15, -0.1) is 0 Å². The van der Waals surface area contributed by atoms with Gasteiger partial charge in [-0.25, -0.2) is 0 Å². The van der Waals surface area contributed by atoms with E-state index in [2.05, 4.69) is 10.6 Å². The van der Waals surface area contributed by atoms with Crippen molar-refractivity contribution in [1.29, 1.82) is 0 Å². The lowest BCUT2D eigenvalue weighted by atomic mass is 10.1. The van der Waals surface area contributed by atoms with Gasteiger partial charge in [-0.1, -0.05) is 43.9 Å². The van der Waals surface area contributed by atoms with Gasteiger partial charge in [-0.3, -0.25) is 9.59 Å². The number of hydrogen-bond donors (Lipinski definition) is 2. The predicted molar refractivity (Wildman–Crippen MR) is 101 cm³/mol. The van der Waals surface area contributed by atoms with E-state index in [-0.39, 0.29) is 23.7 Å². The van der Waals surface area contributed by atoms with Gasteiger partial charge in [0.1, 0.15) is 5.75 Å². The van der Waals surface area contributed by atoms with Gasteiger partial charge in [0, 0.05) is 12.6 Å². The summed E-state index contributed by atoms with van der Waals surface area (Å²) in [6.45, 7) is 0.562. The van der Waals surface area contributed by atoms with Crippen LogP contribution in [0.4, 0.5) is 0 Å². The molecular weight excluding hydrogens is 328 g/mol. The fourth-order valence-corrected chi connectivity index (χ4v) is 3.87. The first kappa shape index (κ1) is 18.7. The van der Waals surface area contributed by atoms with E-state index in [0.29, 0.717) is 19.0 Å². The zero-order valence-electron chi connectivity index (χ0n) is 15.6. The maximum absolute atomic E-state index is 12.4. The second-order valence-electron chi connectivity index (χ2n) is 7.50. The number of carbonyl (C=O) groups excluding carboxylic acids is 2. The third-order valence-electron chi connectivity index (χ3n) is 5.55. The molecule has 0 aromatic heterocycles. The molecule has 2 unspecified atom stereocenters. The minimum Gasteiger partial charge on any atom is -0.496 e. The zero-order chi connectivity index (χ0) is 18.4. The van der Waals surface area contributed by atoms with Crippen molar-refractivity contribution in [2.24, 2.45) is 11.8 Å². The first-order valence-corrected chi connectivity index (χ1v) is 9.89. The Labute approximate surface area is 155 Å². The monoisotopic (exact) mass is 358 g/mol. The Hall–Kier alpha value is -2.04. The summed E-state index contributed by atoms with van der Waals surface area (Å²) in [7, 11) is 1.65. The smallest absolute Gasteiger partial charge is 0.224 e. The Balaban J connectivity index is 1.39. The maximum atomic E-state index is 12.4. The highest BCUT2D eigenvalue weighted by molar-refractivity contribution is 5.92. The molecule has 2 saturated carbocycles. The summed E-state index contributed by atoms with van der Waals surface area (Å²) in [5.41, 5.74) is 1.08. The fourth-order valence-electron chi connectivity index (χ4n) is 3.87. The Morgan fingerprint density at radius 2 is 1.73 bits per heavy atom. The molecule has 142 valence electrons. The molecule has 2 atom stereocenters. The van der Waals surface area contributed by atoms with Crippen molar-refractivity contribution in [3.63, 3.8) is 0 Å². The number of rotatable bonds is 7. The van der Waals surface area contributed by atoms with E-state index in [0.717, 1.165) is 30.6 Å². The second kappa shape index (κ2) is 9.06. The third-order valence-corrected chi connectivity index (χ3v) is 5.55. The second-order valence-corrected chi connectivity index (χ2v) is 7.50. The van der Waals surface area contributed by atoms with E-state index in [9.17, 15) is 9.59 Å². The van der Waals surface area contributed by atoms with Crippen LogP contribution in [0.2, 0.25) is 0 Å². The van der Waals surface area contributed by atoms with Crippen molar-refractivity contribution >= 4 is 11.8 Å². The molecule has 5 heteroatoms. The highest BCUT2D eigenvalue weighted by Crippen LogP contribution is 2.39. The van der Waals surface area contributed by atoms with Gasteiger partial charge in [0.15, 0.2) is 0 Å². The molecule has 3 rings (SSSR count). The Bertz CT molecular complexity index is 623. The van der Waals surface area contributed by atoms with Gasteiger partial charge in [-0.05, 0) is 37.3 Å². The molecule has 2 fully saturated rings. The first-order chi connectivity index (χ1) is 12.7. The molecule has 1 aromatic carbocycles. The normalized spacial score (nSPS) is 23.0. The van der Waals surface area contributed by atoms with Crippen LogP contribution in [0.15, 0.2) is 24.3 Å². The lowest BCUT2D eigenvalue weighted by molar-refractivity contribution is -0.127. The van der Waals surface area contributed by atoms with Gasteiger partial charge in [-0.2, -0.15) is 0 Å². The molecule has 1 aromatic rings. The number of para-hydroxylation sites is 1. The molecular formula is C21H30N2O3. The minimum atomic E-state index is -0.154. The average Bonchev–Trinajstić information content (AvgIpc) is 3.47. The molecule has 0 heterocycles. The van der Waals surface area contributed by atoms with Crippen LogP contribution in [-0.2, 0) is 16.0 Å². The van der Waals surface area contributed by atoms with Crippen molar-refractivity contribution < 1.29 is 14.3 Å². The van der Waals surface area contributed by atoms with E-state index in [1.165, 1.54) is 25.7 Å². The summed E-state index contributed by atoms with van der Waals surface area (Å²) in [4.78, 5) is 24.7. The van der Waals surface area contributed by atoms with Crippen LogP contribution in [0.25, 0.3) is 0 Å². The number of nitrogens with one attached hydrogen (secondary N) is 2. The van der Waals surface area contributed by atoms with Crippen molar-refractivity contribution in [1.82, 2.24) is 10.6 Å². The Kier molecular flexibility index (Phi) is 6.53. The molecule has 0 aliphatic heterocycles. The number of benzene rings is 1. The van der Waals surface area contributed by atoms with Crippen molar-refractivity contribution in [2.75, 3.05) is 13.7 Å². The van der Waals surface area contributed by atoms with Crippen molar-refractivity contribution in [3.8, 4) is 5.75 Å². The summed E-state index contributed by atoms with van der Waals surface area (Å²) in [6, 6.07) is 8.13. The topological polar surface area (TPSA) is 67.4 Å². The van der Waals surface area contributed by atoms with Gasteiger partial charge in [0.25, 0.3) is 0 Å². The molecule has 2 N–H and O–H groups in total. The SMILES string of the molecule is COc1ccccc1CCNC(=O)C1CC1C(=O)NC1CCCCCC1. The van der Waals surface area contributed by atoms with E-state index in [1.54, 1.807) is 7.11 Å². The lowest BCUT2D eigenvalue weighted by Crippen LogP contribution is -2.37. The zero-order valence-corrected chi connectivity index (χ0v) is 15.6. The summed E-state index contributed by atoms with van der Waals surface area (Å²) in [5, 5.41) is 6.14. The van der Waals surface area contributed by atoms with E-state index >= 15 is 0 Å². The van der Waals surface area contributed by atoms with Gasteiger partial charge < -0.3 is 15.4 Å². The molecule has 5 nitrogen and oxygen atoms in total. The van der Waals surface area contributed by atoms with Gasteiger partial charge in [0.2, 0.25) is 11.8 Å². The highest BCUT2D eigenvalue weighted by atomic mass is 16.5. The Morgan fingerprint density at radius 3 is 2.46 bits per heavy atom. The van der Waals surface area contributed by atoms with Crippen LogP contribution in [-0.4, -0.2) is 31.5 Å². The quantitative estimate of drug-likeness (QED) is 0.737. The summed E-state index contributed by atoms with van der Waals surface area (Å²) < 4.78 is 5.33. The molecule has 2 amide bonds. The predicted octanol–water partition coefficient (Wildman–Crippen LogP) is 2.83.